The van der Waals surface area contributed by atoms with Gasteiger partial charge in [0.1, 0.15) is 5.82 Å². The summed E-state index contributed by atoms with van der Waals surface area (Å²) in [4.78, 5) is 18.9. The minimum atomic E-state index is -0.133. The second kappa shape index (κ2) is 8.45. The Hall–Kier alpha value is -2.40. The lowest BCUT2D eigenvalue weighted by atomic mass is 10.1. The molecule has 1 aromatic heterocycles. The summed E-state index contributed by atoms with van der Waals surface area (Å²) in [6.07, 6.45) is 2.49. The van der Waals surface area contributed by atoms with E-state index >= 15 is 0 Å². The van der Waals surface area contributed by atoms with Crippen molar-refractivity contribution in [3.8, 4) is 0 Å². The van der Waals surface area contributed by atoms with E-state index in [1.54, 1.807) is 12.3 Å². The molecule has 0 radical (unpaired) electrons. The Morgan fingerprint density at radius 3 is 2.62 bits per heavy atom. The van der Waals surface area contributed by atoms with Gasteiger partial charge in [0, 0.05) is 25.0 Å². The van der Waals surface area contributed by atoms with Crippen LogP contribution in [0.1, 0.15) is 28.4 Å². The first kappa shape index (κ1) is 17.9. The van der Waals surface area contributed by atoms with Gasteiger partial charge in [0.2, 0.25) is 0 Å². The molecule has 0 aliphatic heterocycles. The lowest BCUT2D eigenvalue weighted by Crippen LogP contribution is -2.21. The maximum atomic E-state index is 12.5. The predicted octanol–water partition coefficient (Wildman–Crippen LogP) is 3.18. The molecule has 0 spiro atoms. The normalized spacial score (nSPS) is 10.7. The van der Waals surface area contributed by atoms with Crippen LogP contribution in [0, 0.1) is 6.92 Å². The highest BCUT2D eigenvalue weighted by Crippen LogP contribution is 2.21. The summed E-state index contributed by atoms with van der Waals surface area (Å²) in [5.41, 5.74) is 3.66. The van der Waals surface area contributed by atoms with Gasteiger partial charge in [-0.1, -0.05) is 25.1 Å². The van der Waals surface area contributed by atoms with Crippen LogP contribution in [0.15, 0.2) is 36.5 Å². The van der Waals surface area contributed by atoms with Crippen LogP contribution in [0.3, 0.4) is 0 Å². The fourth-order valence-electron chi connectivity index (χ4n) is 2.43. The first-order valence-electron chi connectivity index (χ1n) is 8.25. The molecule has 1 heterocycles. The number of rotatable bonds is 7. The van der Waals surface area contributed by atoms with E-state index in [2.05, 4.69) is 27.4 Å². The van der Waals surface area contributed by atoms with Gasteiger partial charge in [0.15, 0.2) is 0 Å². The van der Waals surface area contributed by atoms with E-state index in [9.17, 15) is 4.79 Å². The zero-order valence-corrected chi connectivity index (χ0v) is 14.9. The first-order valence-corrected chi connectivity index (χ1v) is 8.25. The third-order valence-electron chi connectivity index (χ3n) is 3.87. The third-order valence-corrected chi connectivity index (χ3v) is 3.87. The Kier molecular flexibility index (Phi) is 6.32. The number of aromatic nitrogens is 1. The fraction of sp³-hybridized carbons (Fsp3) is 0.368. The molecule has 0 aliphatic rings. The SMILES string of the molecule is CCc1cccc(C)c1NC(=O)c1ccc(NCCN(C)C)nc1. The molecule has 0 atom stereocenters. The molecule has 1 amide bonds. The lowest BCUT2D eigenvalue weighted by Gasteiger charge is -2.13. The van der Waals surface area contributed by atoms with Crippen molar-refractivity contribution in [2.45, 2.75) is 20.3 Å². The average molecular weight is 326 g/mol. The van der Waals surface area contributed by atoms with Crippen molar-refractivity contribution in [1.29, 1.82) is 0 Å². The van der Waals surface area contributed by atoms with Crippen molar-refractivity contribution < 1.29 is 4.79 Å². The van der Waals surface area contributed by atoms with E-state index < -0.39 is 0 Å². The lowest BCUT2D eigenvalue weighted by molar-refractivity contribution is 0.102. The number of nitrogens with one attached hydrogen (secondary N) is 2. The molecule has 2 N–H and O–H groups in total. The van der Waals surface area contributed by atoms with E-state index in [-0.39, 0.29) is 5.91 Å². The molecule has 0 bridgehead atoms. The molecule has 128 valence electrons. The highest BCUT2D eigenvalue weighted by molar-refractivity contribution is 6.05. The van der Waals surface area contributed by atoms with Gasteiger partial charge in [0.05, 0.1) is 5.56 Å². The number of amides is 1. The maximum Gasteiger partial charge on any atom is 0.257 e. The molecule has 0 fully saturated rings. The van der Waals surface area contributed by atoms with Gasteiger partial charge in [0.25, 0.3) is 5.91 Å². The topological polar surface area (TPSA) is 57.3 Å². The number of benzene rings is 1. The third kappa shape index (κ3) is 4.80. The van der Waals surface area contributed by atoms with E-state index in [1.807, 2.05) is 45.3 Å². The Balaban J connectivity index is 2.03. The molecular formula is C19H26N4O. The van der Waals surface area contributed by atoms with Gasteiger partial charge < -0.3 is 15.5 Å². The van der Waals surface area contributed by atoms with Crippen LogP contribution in [0.5, 0.6) is 0 Å². The fourth-order valence-corrected chi connectivity index (χ4v) is 2.43. The second-order valence-corrected chi connectivity index (χ2v) is 6.08. The summed E-state index contributed by atoms with van der Waals surface area (Å²) < 4.78 is 0. The Labute approximate surface area is 144 Å². The zero-order valence-electron chi connectivity index (χ0n) is 14.9. The van der Waals surface area contributed by atoms with Crippen LogP contribution in [0.2, 0.25) is 0 Å². The van der Waals surface area contributed by atoms with Crippen LogP contribution < -0.4 is 10.6 Å². The Morgan fingerprint density at radius 2 is 2.00 bits per heavy atom. The van der Waals surface area contributed by atoms with Gasteiger partial charge in [-0.15, -0.1) is 0 Å². The van der Waals surface area contributed by atoms with E-state index in [0.717, 1.165) is 42.1 Å². The molecule has 0 saturated carbocycles. The molecule has 5 heteroatoms. The van der Waals surface area contributed by atoms with Crippen molar-refractivity contribution in [3.05, 3.63) is 53.2 Å². The van der Waals surface area contributed by atoms with Crippen LogP contribution in [-0.4, -0.2) is 43.0 Å². The molecule has 1 aromatic carbocycles. The molecule has 0 saturated heterocycles. The maximum absolute atomic E-state index is 12.5. The zero-order chi connectivity index (χ0) is 17.5. The van der Waals surface area contributed by atoms with Crippen LogP contribution in [-0.2, 0) is 6.42 Å². The number of anilines is 2. The largest absolute Gasteiger partial charge is 0.369 e. The molecule has 0 unspecified atom stereocenters. The van der Waals surface area contributed by atoms with E-state index in [1.165, 1.54) is 0 Å². The minimum absolute atomic E-state index is 0.133. The number of aryl methyl sites for hydroxylation is 2. The van der Waals surface area contributed by atoms with Crippen molar-refractivity contribution >= 4 is 17.4 Å². The number of carbonyl (C=O) groups excluding carboxylic acids is 1. The summed E-state index contributed by atoms with van der Waals surface area (Å²) in [7, 11) is 4.05. The van der Waals surface area contributed by atoms with Crippen LogP contribution in [0.4, 0.5) is 11.5 Å². The Morgan fingerprint density at radius 1 is 1.21 bits per heavy atom. The molecule has 2 aromatic rings. The smallest absolute Gasteiger partial charge is 0.257 e. The van der Waals surface area contributed by atoms with Gasteiger partial charge in [-0.2, -0.15) is 0 Å². The number of carbonyl (C=O) groups is 1. The molecule has 0 aliphatic carbocycles. The number of para-hydroxylation sites is 1. The summed E-state index contributed by atoms with van der Waals surface area (Å²) in [6.45, 7) is 5.83. The van der Waals surface area contributed by atoms with Crippen molar-refractivity contribution in [3.63, 3.8) is 0 Å². The summed E-state index contributed by atoms with van der Waals surface area (Å²) in [6, 6.07) is 9.69. The number of pyridine rings is 1. The van der Waals surface area contributed by atoms with Gasteiger partial charge in [-0.25, -0.2) is 4.98 Å². The monoisotopic (exact) mass is 326 g/mol. The van der Waals surface area contributed by atoms with E-state index in [4.69, 9.17) is 0 Å². The standard InChI is InChI=1S/C19H26N4O/c1-5-15-8-6-7-14(2)18(15)22-19(24)16-9-10-17(21-13-16)20-11-12-23(3)4/h6-10,13H,5,11-12H2,1-4H3,(H,20,21)(H,22,24). The van der Waals surface area contributed by atoms with Crippen molar-refractivity contribution in [2.75, 3.05) is 37.8 Å². The van der Waals surface area contributed by atoms with E-state index in [0.29, 0.717) is 5.56 Å². The predicted molar refractivity (Wildman–Crippen MR) is 99.8 cm³/mol. The number of likely N-dealkylation sites (N-methyl/N-ethyl adjacent to an activating group) is 1. The highest BCUT2D eigenvalue weighted by Gasteiger charge is 2.11. The highest BCUT2D eigenvalue weighted by atomic mass is 16.1. The van der Waals surface area contributed by atoms with Crippen LogP contribution >= 0.6 is 0 Å². The molecule has 24 heavy (non-hydrogen) atoms. The number of nitrogens with zero attached hydrogens (tertiary/aromatic N) is 2. The summed E-state index contributed by atoms with van der Waals surface area (Å²) >= 11 is 0. The molecular weight excluding hydrogens is 300 g/mol. The van der Waals surface area contributed by atoms with Gasteiger partial charge in [-0.3, -0.25) is 4.79 Å². The van der Waals surface area contributed by atoms with Gasteiger partial charge >= 0.3 is 0 Å². The summed E-state index contributed by atoms with van der Waals surface area (Å²) in [5, 5.41) is 6.25. The molecule has 2 rings (SSSR count). The Bertz CT molecular complexity index is 680. The second-order valence-electron chi connectivity index (χ2n) is 6.08. The van der Waals surface area contributed by atoms with Crippen LogP contribution in [0.25, 0.3) is 0 Å². The van der Waals surface area contributed by atoms with Crippen molar-refractivity contribution in [1.82, 2.24) is 9.88 Å². The first-order chi connectivity index (χ1) is 11.5. The number of hydrogen-bond donors (Lipinski definition) is 2. The molecule has 5 nitrogen and oxygen atoms in total. The van der Waals surface area contributed by atoms with Gasteiger partial charge in [-0.05, 0) is 50.7 Å². The minimum Gasteiger partial charge on any atom is -0.369 e. The van der Waals surface area contributed by atoms with Crippen molar-refractivity contribution in [2.24, 2.45) is 0 Å². The summed E-state index contributed by atoms with van der Waals surface area (Å²) in [5.74, 6) is 0.643. The quantitative estimate of drug-likeness (QED) is 0.820. The average Bonchev–Trinajstić information content (AvgIpc) is 2.57. The number of hydrogen-bond acceptors (Lipinski definition) is 4.